The first-order valence-corrected chi connectivity index (χ1v) is 9.01. The molecule has 0 aliphatic carbocycles. The third kappa shape index (κ3) is 4.97. The molecule has 7 heteroatoms. The second-order valence-electron chi connectivity index (χ2n) is 5.04. The van der Waals surface area contributed by atoms with Crippen molar-refractivity contribution in [1.82, 2.24) is 0 Å². The number of nitrogens with one attached hydrogen (secondary N) is 1. The topological polar surface area (TPSA) is 72.5 Å². The summed E-state index contributed by atoms with van der Waals surface area (Å²) in [5, 5.41) is 3.24. The first-order valence-electron chi connectivity index (χ1n) is 6.74. The van der Waals surface area contributed by atoms with Crippen LogP contribution in [-0.2, 0) is 14.6 Å². The van der Waals surface area contributed by atoms with Gasteiger partial charge in [-0.1, -0.05) is 17.7 Å². The number of benzene rings is 2. The molecule has 0 aliphatic heterocycles. The van der Waals surface area contributed by atoms with Gasteiger partial charge in [0.2, 0.25) is 0 Å². The van der Waals surface area contributed by atoms with E-state index in [0.29, 0.717) is 16.5 Å². The summed E-state index contributed by atoms with van der Waals surface area (Å²) >= 11 is 5.89. The number of sulfone groups is 1. The van der Waals surface area contributed by atoms with Crippen molar-refractivity contribution in [2.45, 2.75) is 11.8 Å². The van der Waals surface area contributed by atoms with Gasteiger partial charge in [-0.15, -0.1) is 0 Å². The minimum absolute atomic E-state index is 0.190. The second-order valence-corrected chi connectivity index (χ2v) is 7.49. The number of carbonyl (C=O) groups is 1. The minimum Gasteiger partial charge on any atom is -0.484 e. The molecule has 0 bridgehead atoms. The van der Waals surface area contributed by atoms with Gasteiger partial charge in [-0.3, -0.25) is 4.79 Å². The summed E-state index contributed by atoms with van der Waals surface area (Å²) in [7, 11) is -3.25. The predicted molar refractivity (Wildman–Crippen MR) is 89.9 cm³/mol. The van der Waals surface area contributed by atoms with Crippen molar-refractivity contribution >= 4 is 33.0 Å². The normalized spacial score (nSPS) is 11.1. The molecule has 2 rings (SSSR count). The van der Waals surface area contributed by atoms with Crippen LogP contribution in [0.25, 0.3) is 0 Å². The minimum atomic E-state index is -3.25. The van der Waals surface area contributed by atoms with Gasteiger partial charge in [-0.2, -0.15) is 0 Å². The number of hydrogen-bond acceptors (Lipinski definition) is 4. The summed E-state index contributed by atoms with van der Waals surface area (Å²) < 4.78 is 28.1. The van der Waals surface area contributed by atoms with Crippen LogP contribution in [0.4, 0.5) is 5.69 Å². The van der Waals surface area contributed by atoms with Crippen molar-refractivity contribution in [3.63, 3.8) is 0 Å². The Labute approximate surface area is 140 Å². The average molecular weight is 354 g/mol. The van der Waals surface area contributed by atoms with E-state index in [2.05, 4.69) is 5.32 Å². The molecule has 0 fully saturated rings. The van der Waals surface area contributed by atoms with Gasteiger partial charge in [0.05, 0.1) is 4.90 Å². The van der Waals surface area contributed by atoms with Gasteiger partial charge < -0.3 is 10.1 Å². The smallest absolute Gasteiger partial charge is 0.262 e. The molecule has 122 valence electrons. The van der Waals surface area contributed by atoms with Gasteiger partial charge in [0.15, 0.2) is 16.4 Å². The molecule has 0 radical (unpaired) electrons. The molecule has 0 saturated carbocycles. The number of amides is 1. The Hall–Kier alpha value is -2.05. The molecule has 0 atom stereocenters. The average Bonchev–Trinajstić information content (AvgIpc) is 2.48. The number of carbonyl (C=O) groups excluding carboxylic acids is 1. The highest BCUT2D eigenvalue weighted by molar-refractivity contribution is 7.90. The molecule has 0 unspecified atom stereocenters. The van der Waals surface area contributed by atoms with E-state index in [-0.39, 0.29) is 17.4 Å². The lowest BCUT2D eigenvalue weighted by Gasteiger charge is -2.10. The van der Waals surface area contributed by atoms with E-state index >= 15 is 0 Å². The van der Waals surface area contributed by atoms with Crippen LogP contribution in [-0.4, -0.2) is 27.2 Å². The SMILES string of the molecule is Cc1ccc(Cl)cc1NC(=O)COc1ccc(S(C)(=O)=O)cc1. The molecule has 0 aromatic heterocycles. The van der Waals surface area contributed by atoms with E-state index in [1.54, 1.807) is 12.1 Å². The zero-order valence-electron chi connectivity index (χ0n) is 12.7. The summed E-state index contributed by atoms with van der Waals surface area (Å²) in [4.78, 5) is 12.1. The Kier molecular flexibility index (Phi) is 5.28. The number of aryl methyl sites for hydroxylation is 1. The highest BCUT2D eigenvalue weighted by atomic mass is 35.5. The molecule has 23 heavy (non-hydrogen) atoms. The Bertz CT molecular complexity index is 816. The van der Waals surface area contributed by atoms with E-state index in [1.807, 2.05) is 13.0 Å². The Morgan fingerprint density at radius 2 is 1.83 bits per heavy atom. The Morgan fingerprint density at radius 1 is 1.17 bits per heavy atom. The molecule has 0 heterocycles. The summed E-state index contributed by atoms with van der Waals surface area (Å²) in [5.41, 5.74) is 1.51. The van der Waals surface area contributed by atoms with Gasteiger partial charge in [-0.05, 0) is 48.9 Å². The van der Waals surface area contributed by atoms with Gasteiger partial charge in [-0.25, -0.2) is 8.42 Å². The van der Waals surface area contributed by atoms with Crippen LogP contribution in [0.15, 0.2) is 47.4 Å². The monoisotopic (exact) mass is 353 g/mol. The molecule has 0 spiro atoms. The van der Waals surface area contributed by atoms with Crippen LogP contribution in [0.2, 0.25) is 5.02 Å². The quantitative estimate of drug-likeness (QED) is 0.896. The first kappa shape index (κ1) is 17.3. The molecular weight excluding hydrogens is 338 g/mol. The standard InChI is InChI=1S/C16H16ClNO4S/c1-11-3-4-12(17)9-15(11)18-16(19)10-22-13-5-7-14(8-6-13)23(2,20)21/h3-9H,10H2,1-2H3,(H,18,19). The van der Waals surface area contributed by atoms with Gasteiger partial charge in [0, 0.05) is 17.0 Å². The maximum Gasteiger partial charge on any atom is 0.262 e. The van der Waals surface area contributed by atoms with Crippen molar-refractivity contribution in [2.24, 2.45) is 0 Å². The number of rotatable bonds is 5. The molecule has 1 N–H and O–H groups in total. The van der Waals surface area contributed by atoms with Crippen LogP contribution in [0, 0.1) is 6.92 Å². The van der Waals surface area contributed by atoms with Crippen LogP contribution < -0.4 is 10.1 Å². The van der Waals surface area contributed by atoms with Crippen molar-refractivity contribution in [3.05, 3.63) is 53.1 Å². The van der Waals surface area contributed by atoms with Crippen molar-refractivity contribution < 1.29 is 17.9 Å². The zero-order chi connectivity index (χ0) is 17.0. The summed E-state index contributed by atoms with van der Waals surface area (Å²) in [5.74, 6) is 0.0814. The van der Waals surface area contributed by atoms with E-state index in [0.717, 1.165) is 11.8 Å². The lowest BCUT2D eigenvalue weighted by molar-refractivity contribution is -0.118. The zero-order valence-corrected chi connectivity index (χ0v) is 14.2. The molecular formula is C16H16ClNO4S. The Balaban J connectivity index is 1.95. The highest BCUT2D eigenvalue weighted by Crippen LogP contribution is 2.20. The lowest BCUT2D eigenvalue weighted by Crippen LogP contribution is -2.20. The van der Waals surface area contributed by atoms with E-state index in [9.17, 15) is 13.2 Å². The van der Waals surface area contributed by atoms with Gasteiger partial charge in [0.25, 0.3) is 5.91 Å². The molecule has 5 nitrogen and oxygen atoms in total. The fourth-order valence-corrected chi connectivity index (χ4v) is 2.65. The highest BCUT2D eigenvalue weighted by Gasteiger charge is 2.09. The van der Waals surface area contributed by atoms with Crippen molar-refractivity contribution in [3.8, 4) is 5.75 Å². The fourth-order valence-electron chi connectivity index (χ4n) is 1.85. The maximum atomic E-state index is 11.9. The third-order valence-electron chi connectivity index (χ3n) is 3.10. The van der Waals surface area contributed by atoms with Crippen LogP contribution in [0.1, 0.15) is 5.56 Å². The largest absolute Gasteiger partial charge is 0.484 e. The fraction of sp³-hybridized carbons (Fsp3) is 0.188. The maximum absolute atomic E-state index is 11.9. The predicted octanol–water partition coefficient (Wildman–Crippen LogP) is 3.07. The number of anilines is 1. The van der Waals surface area contributed by atoms with E-state index in [4.69, 9.17) is 16.3 Å². The third-order valence-corrected chi connectivity index (χ3v) is 4.46. The second kappa shape index (κ2) is 7.02. The van der Waals surface area contributed by atoms with Crippen LogP contribution in [0.5, 0.6) is 5.75 Å². The number of halogens is 1. The number of ether oxygens (including phenoxy) is 1. The molecule has 2 aromatic rings. The van der Waals surface area contributed by atoms with E-state index < -0.39 is 9.84 Å². The molecule has 1 amide bonds. The molecule has 0 saturated heterocycles. The van der Waals surface area contributed by atoms with Crippen molar-refractivity contribution in [2.75, 3.05) is 18.2 Å². The summed E-state index contributed by atoms with van der Waals surface area (Å²) in [6.45, 7) is 1.67. The van der Waals surface area contributed by atoms with E-state index in [1.165, 1.54) is 24.3 Å². The van der Waals surface area contributed by atoms with Crippen molar-refractivity contribution in [1.29, 1.82) is 0 Å². The first-order chi connectivity index (χ1) is 10.8. The lowest BCUT2D eigenvalue weighted by atomic mass is 10.2. The van der Waals surface area contributed by atoms with Crippen LogP contribution >= 0.6 is 11.6 Å². The van der Waals surface area contributed by atoms with Crippen LogP contribution in [0.3, 0.4) is 0 Å². The van der Waals surface area contributed by atoms with Gasteiger partial charge >= 0.3 is 0 Å². The number of hydrogen-bond donors (Lipinski definition) is 1. The molecule has 2 aromatic carbocycles. The molecule has 0 aliphatic rings. The summed E-state index contributed by atoms with van der Waals surface area (Å²) in [6, 6.07) is 11.1. The Morgan fingerprint density at radius 3 is 2.43 bits per heavy atom. The summed E-state index contributed by atoms with van der Waals surface area (Å²) in [6.07, 6.45) is 1.13. The van der Waals surface area contributed by atoms with Gasteiger partial charge in [0.1, 0.15) is 5.75 Å².